The lowest BCUT2D eigenvalue weighted by Crippen LogP contribution is -2.32. The van der Waals surface area contributed by atoms with Crippen molar-refractivity contribution in [2.24, 2.45) is 0 Å². The minimum Gasteiger partial charge on any atom is -0.494 e. The van der Waals surface area contributed by atoms with Gasteiger partial charge in [0, 0.05) is 17.7 Å². The molecule has 0 spiro atoms. The van der Waals surface area contributed by atoms with Crippen molar-refractivity contribution in [2.45, 2.75) is 13.8 Å². The fraction of sp³-hybridized carbons (Fsp3) is 0.261. The van der Waals surface area contributed by atoms with Gasteiger partial charge in [-0.3, -0.25) is 4.79 Å². The Labute approximate surface area is 176 Å². The van der Waals surface area contributed by atoms with Crippen LogP contribution in [-0.2, 0) is 4.79 Å². The molecule has 7 nitrogen and oxygen atoms in total. The predicted molar refractivity (Wildman–Crippen MR) is 114 cm³/mol. The van der Waals surface area contributed by atoms with Gasteiger partial charge in [0.2, 0.25) is 5.88 Å². The maximum Gasteiger partial charge on any atom is 0.258 e. The van der Waals surface area contributed by atoms with Crippen molar-refractivity contribution < 1.29 is 19.0 Å². The summed E-state index contributed by atoms with van der Waals surface area (Å²) in [5.74, 6) is 1.46. The van der Waals surface area contributed by atoms with E-state index in [1.54, 1.807) is 18.2 Å². The SMILES string of the molecule is CCOc1cccc(OCC(=O)NCCOc2ccc(-c3ccc(C)cc3)nn2)c1. The number of amides is 1. The highest BCUT2D eigenvalue weighted by Gasteiger charge is 2.05. The number of aryl methyl sites for hydroxylation is 1. The van der Waals surface area contributed by atoms with Gasteiger partial charge >= 0.3 is 0 Å². The first kappa shape index (κ1) is 21.1. The van der Waals surface area contributed by atoms with Gasteiger partial charge in [0.25, 0.3) is 5.91 Å². The highest BCUT2D eigenvalue weighted by Crippen LogP contribution is 2.19. The molecule has 0 aliphatic heterocycles. The molecule has 0 saturated carbocycles. The minimum absolute atomic E-state index is 0.0827. The average Bonchev–Trinajstić information content (AvgIpc) is 2.77. The van der Waals surface area contributed by atoms with Crippen LogP contribution in [0.25, 0.3) is 11.3 Å². The third kappa shape index (κ3) is 6.48. The molecule has 1 amide bonds. The lowest BCUT2D eigenvalue weighted by molar-refractivity contribution is -0.123. The number of nitrogens with zero attached hydrogens (tertiary/aromatic N) is 2. The largest absolute Gasteiger partial charge is 0.494 e. The maximum atomic E-state index is 11.9. The van der Waals surface area contributed by atoms with E-state index >= 15 is 0 Å². The number of rotatable bonds is 10. The summed E-state index contributed by atoms with van der Waals surface area (Å²) >= 11 is 0. The minimum atomic E-state index is -0.235. The number of hydrogen-bond donors (Lipinski definition) is 1. The smallest absolute Gasteiger partial charge is 0.258 e. The van der Waals surface area contributed by atoms with Gasteiger partial charge in [-0.25, -0.2) is 0 Å². The number of benzene rings is 2. The Morgan fingerprint density at radius 1 is 0.933 bits per heavy atom. The van der Waals surface area contributed by atoms with Gasteiger partial charge in [-0.2, -0.15) is 0 Å². The van der Waals surface area contributed by atoms with Gasteiger partial charge in [0.05, 0.1) is 18.8 Å². The molecule has 1 N–H and O–H groups in total. The molecule has 2 aromatic carbocycles. The second-order valence-electron chi connectivity index (χ2n) is 6.52. The molecule has 3 rings (SSSR count). The fourth-order valence-electron chi connectivity index (χ4n) is 2.64. The third-order valence-electron chi connectivity index (χ3n) is 4.15. The Kier molecular flexibility index (Phi) is 7.60. The monoisotopic (exact) mass is 407 g/mol. The predicted octanol–water partition coefficient (Wildman–Crippen LogP) is 3.42. The zero-order valence-corrected chi connectivity index (χ0v) is 17.1. The summed E-state index contributed by atoms with van der Waals surface area (Å²) in [7, 11) is 0. The van der Waals surface area contributed by atoms with Gasteiger partial charge in [-0.15, -0.1) is 10.2 Å². The Balaban J connectivity index is 1.36. The van der Waals surface area contributed by atoms with Crippen LogP contribution in [0.2, 0.25) is 0 Å². The van der Waals surface area contributed by atoms with E-state index < -0.39 is 0 Å². The summed E-state index contributed by atoms with van der Waals surface area (Å²) in [5.41, 5.74) is 2.97. The van der Waals surface area contributed by atoms with Gasteiger partial charge in [-0.05, 0) is 32.0 Å². The van der Waals surface area contributed by atoms with E-state index in [0.29, 0.717) is 30.5 Å². The summed E-state index contributed by atoms with van der Waals surface area (Å²) in [6.07, 6.45) is 0. The van der Waals surface area contributed by atoms with Crippen LogP contribution in [-0.4, -0.2) is 42.5 Å². The molecule has 0 radical (unpaired) electrons. The van der Waals surface area contributed by atoms with Gasteiger partial charge in [-0.1, -0.05) is 35.9 Å². The second-order valence-corrected chi connectivity index (χ2v) is 6.52. The molecular weight excluding hydrogens is 382 g/mol. The first-order chi connectivity index (χ1) is 14.6. The molecule has 0 aliphatic carbocycles. The van der Waals surface area contributed by atoms with Crippen molar-refractivity contribution in [3.05, 3.63) is 66.2 Å². The van der Waals surface area contributed by atoms with Crippen LogP contribution in [0.3, 0.4) is 0 Å². The van der Waals surface area contributed by atoms with Crippen molar-refractivity contribution in [1.29, 1.82) is 0 Å². The molecule has 30 heavy (non-hydrogen) atoms. The topological polar surface area (TPSA) is 82.6 Å². The zero-order chi connectivity index (χ0) is 21.2. The van der Waals surface area contributed by atoms with E-state index in [2.05, 4.69) is 15.5 Å². The van der Waals surface area contributed by atoms with Crippen molar-refractivity contribution in [3.63, 3.8) is 0 Å². The fourth-order valence-corrected chi connectivity index (χ4v) is 2.64. The number of ether oxygens (including phenoxy) is 3. The highest BCUT2D eigenvalue weighted by molar-refractivity contribution is 5.77. The molecule has 0 bridgehead atoms. The van der Waals surface area contributed by atoms with E-state index in [-0.39, 0.29) is 19.1 Å². The first-order valence-corrected chi connectivity index (χ1v) is 9.80. The maximum absolute atomic E-state index is 11.9. The van der Waals surface area contributed by atoms with Crippen LogP contribution in [0.5, 0.6) is 17.4 Å². The molecule has 0 saturated heterocycles. The summed E-state index contributed by atoms with van der Waals surface area (Å²) in [6, 6.07) is 18.9. The molecule has 7 heteroatoms. The lowest BCUT2D eigenvalue weighted by atomic mass is 10.1. The highest BCUT2D eigenvalue weighted by atomic mass is 16.5. The quantitative estimate of drug-likeness (QED) is 0.519. The normalized spacial score (nSPS) is 10.3. The molecular formula is C23H25N3O4. The van der Waals surface area contributed by atoms with Crippen LogP contribution in [0.4, 0.5) is 0 Å². The van der Waals surface area contributed by atoms with Crippen LogP contribution in [0.15, 0.2) is 60.7 Å². The zero-order valence-electron chi connectivity index (χ0n) is 17.1. The molecule has 3 aromatic rings. The molecule has 156 valence electrons. The number of carbonyl (C=O) groups is 1. The number of hydrogen-bond acceptors (Lipinski definition) is 6. The van der Waals surface area contributed by atoms with Gasteiger partial charge < -0.3 is 19.5 Å². The number of carbonyl (C=O) groups excluding carboxylic acids is 1. The number of aromatic nitrogens is 2. The van der Waals surface area contributed by atoms with E-state index in [9.17, 15) is 4.79 Å². The van der Waals surface area contributed by atoms with Crippen molar-refractivity contribution >= 4 is 5.91 Å². The van der Waals surface area contributed by atoms with E-state index in [4.69, 9.17) is 14.2 Å². The lowest BCUT2D eigenvalue weighted by Gasteiger charge is -2.09. The molecule has 1 heterocycles. The van der Waals surface area contributed by atoms with Crippen molar-refractivity contribution in [3.8, 4) is 28.6 Å². The van der Waals surface area contributed by atoms with E-state index in [1.807, 2.05) is 56.3 Å². The third-order valence-corrected chi connectivity index (χ3v) is 4.15. The van der Waals surface area contributed by atoms with Crippen LogP contribution < -0.4 is 19.5 Å². The van der Waals surface area contributed by atoms with Crippen LogP contribution >= 0.6 is 0 Å². The first-order valence-electron chi connectivity index (χ1n) is 9.80. The molecule has 0 unspecified atom stereocenters. The average molecular weight is 407 g/mol. The Bertz CT molecular complexity index is 943. The summed E-state index contributed by atoms with van der Waals surface area (Å²) < 4.78 is 16.4. The molecule has 0 aliphatic rings. The van der Waals surface area contributed by atoms with Crippen LogP contribution in [0.1, 0.15) is 12.5 Å². The summed E-state index contributed by atoms with van der Waals surface area (Å²) in [4.78, 5) is 11.9. The summed E-state index contributed by atoms with van der Waals surface area (Å²) in [6.45, 7) is 5.06. The summed E-state index contributed by atoms with van der Waals surface area (Å²) in [5, 5.41) is 11.0. The molecule has 0 fully saturated rings. The van der Waals surface area contributed by atoms with E-state index in [1.165, 1.54) is 5.56 Å². The Morgan fingerprint density at radius 2 is 1.70 bits per heavy atom. The van der Waals surface area contributed by atoms with Crippen molar-refractivity contribution in [2.75, 3.05) is 26.4 Å². The second kappa shape index (κ2) is 10.8. The van der Waals surface area contributed by atoms with E-state index in [0.717, 1.165) is 11.3 Å². The van der Waals surface area contributed by atoms with Gasteiger partial charge in [0.1, 0.15) is 18.1 Å². The van der Waals surface area contributed by atoms with Gasteiger partial charge in [0.15, 0.2) is 6.61 Å². The molecule has 1 aromatic heterocycles. The Hall–Kier alpha value is -3.61. The number of nitrogens with one attached hydrogen (secondary N) is 1. The Morgan fingerprint density at radius 3 is 2.40 bits per heavy atom. The van der Waals surface area contributed by atoms with Crippen molar-refractivity contribution in [1.82, 2.24) is 15.5 Å². The van der Waals surface area contributed by atoms with Crippen LogP contribution in [0, 0.1) is 6.92 Å². The standard InChI is InChI=1S/C23H25N3O4/c1-3-28-19-5-4-6-20(15-19)30-16-22(27)24-13-14-29-23-12-11-21(25-26-23)18-9-7-17(2)8-10-18/h4-12,15H,3,13-14,16H2,1-2H3,(H,24,27). The molecule has 0 atom stereocenters.